The molecule has 1 N–H and O–H groups in total. The summed E-state index contributed by atoms with van der Waals surface area (Å²) in [6.07, 6.45) is -4.59. The van der Waals surface area contributed by atoms with E-state index in [0.717, 1.165) is 12.1 Å². The lowest BCUT2D eigenvalue weighted by Crippen LogP contribution is -2.36. The number of benzene rings is 2. The van der Waals surface area contributed by atoms with Crippen LogP contribution in [0.4, 0.5) is 13.2 Å². The second-order valence-corrected chi connectivity index (χ2v) is 9.21. The zero-order valence-corrected chi connectivity index (χ0v) is 16.9. The first-order valence-corrected chi connectivity index (χ1v) is 10.2. The minimum absolute atomic E-state index is 0.0208. The number of halogens is 3. The summed E-state index contributed by atoms with van der Waals surface area (Å²) in [5.41, 5.74) is -0.899. The van der Waals surface area contributed by atoms with E-state index in [9.17, 15) is 31.6 Å². The highest BCUT2D eigenvalue weighted by atomic mass is 32.2. The molecule has 2 aromatic carbocycles. The predicted molar refractivity (Wildman–Crippen MR) is 100 cm³/mol. The molecule has 0 saturated carbocycles. The van der Waals surface area contributed by atoms with Crippen molar-refractivity contribution in [2.45, 2.75) is 25.1 Å². The lowest BCUT2D eigenvalue weighted by atomic mass is 9.96. The van der Waals surface area contributed by atoms with Gasteiger partial charge in [-0.3, -0.25) is 10.0 Å². The fourth-order valence-electron chi connectivity index (χ4n) is 2.68. The minimum atomic E-state index is -4.79. The summed E-state index contributed by atoms with van der Waals surface area (Å²) in [6.45, 7) is 3.03. The third kappa shape index (κ3) is 7.23. The van der Waals surface area contributed by atoms with Gasteiger partial charge in [-0.05, 0) is 53.9 Å². The average molecular weight is 447 g/mol. The van der Waals surface area contributed by atoms with Crippen molar-refractivity contribution in [3.63, 3.8) is 0 Å². The molecule has 0 heterocycles. The fourth-order valence-corrected chi connectivity index (χ4v) is 4.52. The monoisotopic (exact) mass is 447 g/mol. The molecule has 30 heavy (non-hydrogen) atoms. The number of ether oxygens (including phenoxy) is 2. The highest BCUT2D eigenvalue weighted by Gasteiger charge is 2.31. The molecule has 0 aromatic heterocycles. The zero-order valence-electron chi connectivity index (χ0n) is 16.1. The molecule has 1 amide bonds. The fraction of sp³-hybridized carbons (Fsp3) is 0.316. The molecule has 0 atom stereocenters. The SMILES string of the molecule is CC(C)(CN(O)C=O)CS(=O)(=O)c1ccc(Oc2ccc(OC(F)(F)F)cc2)cc1. The second-order valence-electron chi connectivity index (χ2n) is 7.22. The summed E-state index contributed by atoms with van der Waals surface area (Å²) in [6, 6.07) is 10.2. The maximum atomic E-state index is 12.6. The predicted octanol–water partition coefficient (Wildman–Crippen LogP) is 4.03. The van der Waals surface area contributed by atoms with Gasteiger partial charge in [-0.15, -0.1) is 13.2 Å². The molecule has 2 aromatic rings. The molecule has 2 rings (SSSR count). The van der Waals surface area contributed by atoms with Gasteiger partial charge in [0.1, 0.15) is 17.2 Å². The maximum absolute atomic E-state index is 12.6. The van der Waals surface area contributed by atoms with Gasteiger partial charge in [0.25, 0.3) is 0 Å². The van der Waals surface area contributed by atoms with Crippen molar-refractivity contribution in [2.75, 3.05) is 12.3 Å². The molecule has 164 valence electrons. The normalized spacial score (nSPS) is 12.3. The topological polar surface area (TPSA) is 93.1 Å². The average Bonchev–Trinajstić information content (AvgIpc) is 2.61. The molecular formula is C19H20F3NO6S. The van der Waals surface area contributed by atoms with Crippen molar-refractivity contribution >= 4 is 16.2 Å². The van der Waals surface area contributed by atoms with E-state index in [4.69, 9.17) is 4.74 Å². The van der Waals surface area contributed by atoms with E-state index in [1.54, 1.807) is 13.8 Å². The summed E-state index contributed by atoms with van der Waals surface area (Å²) in [4.78, 5) is 10.6. The number of hydrogen-bond donors (Lipinski definition) is 1. The van der Waals surface area contributed by atoms with Crippen LogP contribution in [0.2, 0.25) is 0 Å². The van der Waals surface area contributed by atoms with Crippen LogP contribution in [0.15, 0.2) is 53.4 Å². The molecule has 11 heteroatoms. The van der Waals surface area contributed by atoms with Crippen molar-refractivity contribution in [2.24, 2.45) is 5.41 Å². The van der Waals surface area contributed by atoms with Crippen molar-refractivity contribution < 1.29 is 41.1 Å². The van der Waals surface area contributed by atoms with Crippen LogP contribution in [0.5, 0.6) is 17.2 Å². The number of carbonyl (C=O) groups is 1. The quantitative estimate of drug-likeness (QED) is 0.355. The van der Waals surface area contributed by atoms with Gasteiger partial charge in [-0.2, -0.15) is 0 Å². The molecule has 0 saturated heterocycles. The number of rotatable bonds is 9. The Morgan fingerprint density at radius 3 is 1.90 bits per heavy atom. The first-order chi connectivity index (χ1) is 13.8. The van der Waals surface area contributed by atoms with Crippen molar-refractivity contribution in [1.82, 2.24) is 5.06 Å². The highest BCUT2D eigenvalue weighted by molar-refractivity contribution is 7.91. The Morgan fingerprint density at radius 1 is 0.967 bits per heavy atom. The van der Waals surface area contributed by atoms with Gasteiger partial charge < -0.3 is 9.47 Å². The Morgan fingerprint density at radius 2 is 1.43 bits per heavy atom. The number of alkyl halides is 3. The van der Waals surface area contributed by atoms with Gasteiger partial charge in [-0.25, -0.2) is 13.5 Å². The van der Waals surface area contributed by atoms with E-state index in [1.807, 2.05) is 0 Å². The van der Waals surface area contributed by atoms with Gasteiger partial charge in [-0.1, -0.05) is 13.8 Å². The Hall–Kier alpha value is -2.79. The summed E-state index contributed by atoms with van der Waals surface area (Å²) in [5, 5.41) is 9.69. The van der Waals surface area contributed by atoms with Gasteiger partial charge in [0, 0.05) is 0 Å². The van der Waals surface area contributed by atoms with Crippen LogP contribution < -0.4 is 9.47 Å². The number of hydrogen-bond acceptors (Lipinski definition) is 6. The molecule has 0 radical (unpaired) electrons. The third-order valence-corrected chi connectivity index (χ3v) is 5.92. The van der Waals surface area contributed by atoms with Crippen LogP contribution >= 0.6 is 0 Å². The van der Waals surface area contributed by atoms with Gasteiger partial charge in [0.05, 0.1) is 17.2 Å². The lowest BCUT2D eigenvalue weighted by molar-refractivity contribution is -0.274. The summed E-state index contributed by atoms with van der Waals surface area (Å²) >= 11 is 0. The van der Waals surface area contributed by atoms with Gasteiger partial charge in [0.2, 0.25) is 6.41 Å². The molecule has 0 aliphatic carbocycles. The summed E-state index contributed by atoms with van der Waals surface area (Å²) < 4.78 is 71.0. The Labute approximate surface area is 171 Å². The van der Waals surface area contributed by atoms with Crippen LogP contribution in [0.3, 0.4) is 0 Å². The molecular weight excluding hydrogens is 427 g/mol. The van der Waals surface area contributed by atoms with E-state index in [-0.39, 0.29) is 35.1 Å². The largest absolute Gasteiger partial charge is 0.573 e. The third-order valence-electron chi connectivity index (χ3n) is 3.77. The number of amides is 1. The molecule has 0 aliphatic heterocycles. The molecule has 0 fully saturated rings. The van der Waals surface area contributed by atoms with Crippen molar-refractivity contribution in [1.29, 1.82) is 0 Å². The standard InChI is InChI=1S/C19H20F3NO6S/c1-18(2,11-23(25)13-24)12-30(26,27)17-9-7-15(8-10-17)28-14-3-5-16(6-4-14)29-19(20,21)22/h3-10,13,25H,11-12H2,1-2H3. The number of hydroxylamine groups is 2. The van der Waals surface area contributed by atoms with Crippen molar-refractivity contribution in [3.05, 3.63) is 48.5 Å². The first-order valence-electron chi connectivity index (χ1n) is 8.57. The summed E-state index contributed by atoms with van der Waals surface area (Å²) in [7, 11) is -3.72. The molecule has 0 unspecified atom stereocenters. The van der Waals surface area contributed by atoms with Gasteiger partial charge >= 0.3 is 6.36 Å². The number of sulfone groups is 1. The molecule has 7 nitrogen and oxygen atoms in total. The molecule has 0 bridgehead atoms. The Kier molecular flexibility index (Phi) is 6.99. The van der Waals surface area contributed by atoms with Crippen LogP contribution in [-0.2, 0) is 14.6 Å². The van der Waals surface area contributed by atoms with E-state index >= 15 is 0 Å². The van der Waals surface area contributed by atoms with Crippen molar-refractivity contribution in [3.8, 4) is 17.2 Å². The highest BCUT2D eigenvalue weighted by Crippen LogP contribution is 2.29. The van der Waals surface area contributed by atoms with E-state index in [1.165, 1.54) is 36.4 Å². The maximum Gasteiger partial charge on any atom is 0.573 e. The van der Waals surface area contributed by atoms with E-state index in [0.29, 0.717) is 5.06 Å². The smallest absolute Gasteiger partial charge is 0.457 e. The molecule has 0 aliphatic rings. The zero-order chi connectivity index (χ0) is 22.6. The van der Waals surface area contributed by atoms with Gasteiger partial charge in [0.15, 0.2) is 9.84 Å². The first kappa shape index (κ1) is 23.5. The lowest BCUT2D eigenvalue weighted by Gasteiger charge is -2.26. The Bertz CT molecular complexity index is 957. The van der Waals surface area contributed by atoms with Crippen LogP contribution in [0.1, 0.15) is 13.8 Å². The van der Waals surface area contributed by atoms with Crippen LogP contribution in [0, 0.1) is 5.41 Å². The van der Waals surface area contributed by atoms with Crippen LogP contribution in [-0.4, -0.2) is 43.8 Å². The number of carbonyl (C=O) groups excluding carboxylic acids is 1. The number of nitrogens with zero attached hydrogens (tertiary/aromatic N) is 1. The second kappa shape index (κ2) is 8.92. The summed E-state index contributed by atoms with van der Waals surface area (Å²) in [5.74, 6) is -0.195. The van der Waals surface area contributed by atoms with E-state index in [2.05, 4.69) is 4.74 Å². The minimum Gasteiger partial charge on any atom is -0.457 e. The van der Waals surface area contributed by atoms with E-state index < -0.39 is 27.4 Å². The van der Waals surface area contributed by atoms with Crippen LogP contribution in [0.25, 0.3) is 0 Å². The Balaban J connectivity index is 2.06. The molecule has 0 spiro atoms.